The second-order valence-electron chi connectivity index (χ2n) is 6.11. The van der Waals surface area contributed by atoms with Gasteiger partial charge < -0.3 is 10.0 Å². The molecule has 0 aromatic heterocycles. The van der Waals surface area contributed by atoms with Gasteiger partial charge in [0.25, 0.3) is 0 Å². The Hall–Kier alpha value is -2.31. The summed E-state index contributed by atoms with van der Waals surface area (Å²) in [5, 5.41) is 10.2. The molecule has 0 radical (unpaired) electrons. The molecular weight excluding hydrogens is 438 g/mol. The molecule has 0 heterocycles. The van der Waals surface area contributed by atoms with E-state index in [0.29, 0.717) is 29.0 Å². The maximum absolute atomic E-state index is 12.7. The Kier molecular flexibility index (Phi) is 8.08. The van der Waals surface area contributed by atoms with Gasteiger partial charge in [-0.05, 0) is 41.5 Å². The number of rotatable bonds is 8. The highest BCUT2D eigenvalue weighted by Crippen LogP contribution is 2.31. The van der Waals surface area contributed by atoms with Crippen molar-refractivity contribution in [2.75, 3.05) is 13.3 Å². The fourth-order valence-electron chi connectivity index (χ4n) is 2.73. The minimum atomic E-state index is -1.11. The summed E-state index contributed by atoms with van der Waals surface area (Å²) in [7, 11) is 1.61. The lowest BCUT2D eigenvalue weighted by molar-refractivity contribution is -0.132. The van der Waals surface area contributed by atoms with E-state index in [1.54, 1.807) is 25.4 Å². The number of amides is 1. The van der Waals surface area contributed by atoms with Gasteiger partial charge in [0.1, 0.15) is 0 Å². The molecule has 2 rings (SSSR count). The molecule has 0 saturated carbocycles. The van der Waals surface area contributed by atoms with Gasteiger partial charge in [0.15, 0.2) is 0 Å². The number of carbonyl (C=O) groups excluding carboxylic acids is 1. The van der Waals surface area contributed by atoms with Gasteiger partial charge in [0, 0.05) is 17.9 Å². The molecular formula is C22H22BrNO3S. The quantitative estimate of drug-likeness (QED) is 0.434. The fraction of sp³-hybridized carbons (Fsp3) is 0.182. The van der Waals surface area contributed by atoms with Crippen LogP contribution in [0.5, 0.6) is 0 Å². The zero-order valence-electron chi connectivity index (χ0n) is 15.8. The smallest absolute Gasteiger partial charge is 0.338 e. The fourth-order valence-corrected chi connectivity index (χ4v) is 3.78. The summed E-state index contributed by atoms with van der Waals surface area (Å²) in [6, 6.07) is 17.0. The number of thioether (sulfide) groups is 1. The van der Waals surface area contributed by atoms with Crippen molar-refractivity contribution in [1.29, 1.82) is 0 Å². The number of hydrogen-bond donors (Lipinski definition) is 1. The molecule has 2 aromatic rings. The number of aryl methyl sites for hydroxylation is 1. The number of nitrogens with zero attached hydrogens (tertiary/aromatic N) is 1. The van der Waals surface area contributed by atoms with E-state index in [-0.39, 0.29) is 11.5 Å². The maximum Gasteiger partial charge on any atom is 0.338 e. The van der Waals surface area contributed by atoms with Gasteiger partial charge in [-0.25, -0.2) is 4.79 Å². The van der Waals surface area contributed by atoms with Gasteiger partial charge in [-0.3, -0.25) is 4.79 Å². The van der Waals surface area contributed by atoms with Crippen LogP contribution in [-0.2, 0) is 16.0 Å². The van der Waals surface area contributed by atoms with Crippen LogP contribution >= 0.6 is 27.7 Å². The Morgan fingerprint density at radius 3 is 2.25 bits per heavy atom. The molecule has 4 nitrogen and oxygen atoms in total. The van der Waals surface area contributed by atoms with Gasteiger partial charge >= 0.3 is 5.97 Å². The second-order valence-corrected chi connectivity index (χ2v) is 7.82. The SMILES string of the molecule is C=C(C(C(=O)O)=C(SC)N(C)C(=O)CCc1ccccc1)c1ccc(Br)cc1. The molecule has 0 fully saturated rings. The van der Waals surface area contributed by atoms with Crippen molar-refractivity contribution >= 4 is 45.1 Å². The molecule has 0 aliphatic heterocycles. The second kappa shape index (κ2) is 10.3. The van der Waals surface area contributed by atoms with Gasteiger partial charge in [-0.2, -0.15) is 0 Å². The van der Waals surface area contributed by atoms with Crippen molar-refractivity contribution < 1.29 is 14.7 Å². The van der Waals surface area contributed by atoms with Gasteiger partial charge in [0.05, 0.1) is 10.6 Å². The van der Waals surface area contributed by atoms with Crippen molar-refractivity contribution in [2.45, 2.75) is 12.8 Å². The Morgan fingerprint density at radius 1 is 1.11 bits per heavy atom. The third-order valence-corrected chi connectivity index (χ3v) is 5.66. The van der Waals surface area contributed by atoms with Crippen molar-refractivity contribution in [3.8, 4) is 0 Å². The molecule has 1 amide bonds. The van der Waals surface area contributed by atoms with Gasteiger partial charge in [-0.1, -0.05) is 65.0 Å². The monoisotopic (exact) mass is 459 g/mol. The number of benzene rings is 2. The summed E-state index contributed by atoms with van der Waals surface area (Å²) in [6.45, 7) is 3.98. The molecule has 0 bridgehead atoms. The number of halogens is 1. The minimum absolute atomic E-state index is 0.0328. The van der Waals surface area contributed by atoms with Crippen LogP contribution in [0.1, 0.15) is 17.5 Å². The van der Waals surface area contributed by atoms with E-state index in [2.05, 4.69) is 22.5 Å². The number of aliphatic carboxylic acids is 1. The molecule has 0 aliphatic rings. The molecule has 2 aromatic carbocycles. The van der Waals surface area contributed by atoms with Crippen LogP contribution in [0.2, 0.25) is 0 Å². The largest absolute Gasteiger partial charge is 0.478 e. The molecule has 0 aliphatic carbocycles. The average Bonchev–Trinajstić information content (AvgIpc) is 2.70. The van der Waals surface area contributed by atoms with E-state index in [0.717, 1.165) is 10.0 Å². The molecule has 28 heavy (non-hydrogen) atoms. The van der Waals surface area contributed by atoms with Crippen LogP contribution in [0.3, 0.4) is 0 Å². The summed E-state index contributed by atoms with van der Waals surface area (Å²) in [5.74, 6) is -1.25. The van der Waals surface area contributed by atoms with Gasteiger partial charge in [-0.15, -0.1) is 11.8 Å². The Balaban J connectivity index is 2.28. The predicted octanol–water partition coefficient (Wildman–Crippen LogP) is 5.21. The lowest BCUT2D eigenvalue weighted by Crippen LogP contribution is -2.27. The number of hydrogen-bond acceptors (Lipinski definition) is 3. The topological polar surface area (TPSA) is 57.6 Å². The summed E-state index contributed by atoms with van der Waals surface area (Å²) in [5.41, 5.74) is 2.16. The first-order valence-electron chi connectivity index (χ1n) is 8.62. The minimum Gasteiger partial charge on any atom is -0.478 e. The molecule has 0 atom stereocenters. The van der Waals surface area contributed by atoms with Crippen LogP contribution in [-0.4, -0.2) is 35.2 Å². The first-order valence-corrected chi connectivity index (χ1v) is 10.6. The Bertz CT molecular complexity index is 892. The van der Waals surface area contributed by atoms with Crippen molar-refractivity contribution in [3.63, 3.8) is 0 Å². The van der Waals surface area contributed by atoms with Crippen LogP contribution in [0, 0.1) is 0 Å². The summed E-state index contributed by atoms with van der Waals surface area (Å²) in [4.78, 5) is 26.1. The van der Waals surface area contributed by atoms with Crippen molar-refractivity contribution in [1.82, 2.24) is 4.90 Å². The van der Waals surface area contributed by atoms with E-state index >= 15 is 0 Å². The first-order chi connectivity index (χ1) is 13.3. The lowest BCUT2D eigenvalue weighted by Gasteiger charge is -2.22. The maximum atomic E-state index is 12.7. The van der Waals surface area contributed by atoms with Gasteiger partial charge in [0.2, 0.25) is 5.91 Å². The molecule has 146 valence electrons. The van der Waals surface area contributed by atoms with Crippen LogP contribution in [0.4, 0.5) is 0 Å². The zero-order valence-corrected chi connectivity index (χ0v) is 18.2. The van der Waals surface area contributed by atoms with E-state index in [1.165, 1.54) is 16.7 Å². The van der Waals surface area contributed by atoms with Crippen molar-refractivity contribution in [3.05, 3.63) is 87.4 Å². The highest BCUT2D eigenvalue weighted by molar-refractivity contribution is 9.10. The average molecular weight is 460 g/mol. The first kappa shape index (κ1) is 22.0. The van der Waals surface area contributed by atoms with E-state index in [1.807, 2.05) is 42.5 Å². The standard InChI is InChI=1S/C22H22BrNO3S/c1-15(17-10-12-18(23)13-11-17)20(22(26)27)21(28-3)24(2)19(25)14-9-16-7-5-4-6-8-16/h4-8,10-13H,1,9,14H2,2-3H3,(H,26,27). The van der Waals surface area contributed by atoms with Crippen LogP contribution < -0.4 is 0 Å². The zero-order chi connectivity index (χ0) is 20.7. The number of carbonyl (C=O) groups is 2. The third kappa shape index (κ3) is 5.59. The molecule has 0 spiro atoms. The predicted molar refractivity (Wildman–Crippen MR) is 119 cm³/mol. The van der Waals surface area contributed by atoms with Crippen LogP contribution in [0.15, 0.2) is 76.3 Å². The summed E-state index contributed by atoms with van der Waals surface area (Å²) >= 11 is 4.59. The van der Waals surface area contributed by atoms with E-state index < -0.39 is 5.97 Å². The summed E-state index contributed by atoms with van der Waals surface area (Å²) in [6.07, 6.45) is 2.65. The third-order valence-electron chi connectivity index (χ3n) is 4.26. The molecule has 0 saturated heterocycles. The van der Waals surface area contributed by atoms with E-state index in [9.17, 15) is 14.7 Å². The Labute approximate surface area is 178 Å². The molecule has 6 heteroatoms. The number of carboxylic acid groups (broad SMARTS) is 1. The van der Waals surface area contributed by atoms with Crippen LogP contribution in [0.25, 0.3) is 5.57 Å². The molecule has 0 unspecified atom stereocenters. The van der Waals surface area contributed by atoms with Crippen molar-refractivity contribution in [2.24, 2.45) is 0 Å². The summed E-state index contributed by atoms with van der Waals surface area (Å²) < 4.78 is 0.892. The van der Waals surface area contributed by atoms with E-state index in [4.69, 9.17) is 0 Å². The highest BCUT2D eigenvalue weighted by atomic mass is 79.9. The highest BCUT2D eigenvalue weighted by Gasteiger charge is 2.24. The number of carboxylic acids is 1. The molecule has 1 N–H and O–H groups in total. The normalized spacial score (nSPS) is 11.5. The Morgan fingerprint density at radius 2 is 1.71 bits per heavy atom. The lowest BCUT2D eigenvalue weighted by atomic mass is 10.00.